The van der Waals surface area contributed by atoms with Gasteiger partial charge in [-0.15, -0.1) is 0 Å². The Kier molecular flexibility index (Phi) is 15.0. The monoisotopic (exact) mass is 838 g/mol. The molecule has 3 saturated heterocycles. The van der Waals surface area contributed by atoms with Crippen LogP contribution in [-0.2, 0) is 47.5 Å². The first kappa shape index (κ1) is 45.3. The fraction of sp³-hybridized carbons (Fsp3) is 0.750. The van der Waals surface area contributed by atoms with Crippen molar-refractivity contribution in [3.8, 4) is 5.75 Å². The maximum atomic E-state index is 15.2. The molecule has 60 heavy (non-hydrogen) atoms. The van der Waals surface area contributed by atoms with Crippen LogP contribution in [0.15, 0.2) is 47.6 Å². The number of rotatable bonds is 11. The zero-order chi connectivity index (χ0) is 42.8. The van der Waals surface area contributed by atoms with E-state index in [-0.39, 0.29) is 96.8 Å². The van der Waals surface area contributed by atoms with Crippen LogP contribution in [0.25, 0.3) is 0 Å². The first-order valence-corrected chi connectivity index (χ1v) is 22.6. The molecule has 17 atom stereocenters. The van der Waals surface area contributed by atoms with E-state index in [0.717, 1.165) is 61.8 Å². The molecule has 3 aliphatic carbocycles. The van der Waals surface area contributed by atoms with Crippen LogP contribution >= 0.6 is 0 Å². The fourth-order valence-electron chi connectivity index (χ4n) is 11.6. The van der Waals surface area contributed by atoms with Gasteiger partial charge in [-0.3, -0.25) is 9.59 Å². The van der Waals surface area contributed by atoms with Crippen LogP contribution in [0.4, 0.5) is 0 Å². The van der Waals surface area contributed by atoms with Crippen molar-refractivity contribution in [3.05, 3.63) is 53.1 Å². The van der Waals surface area contributed by atoms with E-state index in [4.69, 9.17) is 42.6 Å². The number of likely N-dealkylation sites (N-methyl/N-ethyl adjacent to an activating group) is 1. The van der Waals surface area contributed by atoms with Gasteiger partial charge in [-0.25, -0.2) is 0 Å². The van der Waals surface area contributed by atoms with Gasteiger partial charge in [0.1, 0.15) is 30.2 Å². The fourth-order valence-corrected chi connectivity index (χ4v) is 11.6. The Balaban J connectivity index is 1.21. The summed E-state index contributed by atoms with van der Waals surface area (Å²) in [5.74, 6) is -0.139. The highest BCUT2D eigenvalue weighted by molar-refractivity contribution is 5.99. The lowest BCUT2D eigenvalue weighted by Gasteiger charge is -2.44. The van der Waals surface area contributed by atoms with Crippen molar-refractivity contribution in [2.75, 3.05) is 42.5 Å². The molecule has 3 heterocycles. The van der Waals surface area contributed by atoms with Crippen LogP contribution in [-0.4, -0.2) is 127 Å². The largest absolute Gasteiger partial charge is 0.497 e. The van der Waals surface area contributed by atoms with Crippen molar-refractivity contribution in [2.45, 2.75) is 159 Å². The van der Waals surface area contributed by atoms with E-state index in [1.54, 1.807) is 28.4 Å². The van der Waals surface area contributed by atoms with Crippen LogP contribution in [0.1, 0.15) is 97.0 Å². The molecule has 12 heteroatoms. The molecule has 0 N–H and O–H groups in total. The lowest BCUT2D eigenvalue weighted by molar-refractivity contribution is -0.314. The Bertz CT molecular complexity index is 1680. The number of Topliss-reactive ketones (excluding diaryl/α,β-unsaturated/α-hetero) is 1. The third-order valence-corrected chi connectivity index (χ3v) is 14.8. The Hall–Kier alpha value is -2.68. The lowest BCUT2D eigenvalue weighted by Crippen LogP contribution is -2.59. The SMILES string of the molecule is CC[C@H]1CCC[C@H](O[C@H]2CC[C@H](N(C)C)C(C)O2)[C@@H](C)C(=O)C2=C[C@@H]3[C@@H](C(c4ccc(OC)cc4)C=C4C[C@@H](O[C@@H]5OC(C)[C@H](OC)C(OC)[C@@H]5OC)C[C@H]43)[C@@H]2CC(=O)O1. The summed E-state index contributed by atoms with van der Waals surface area (Å²) < 4.78 is 55.9. The number of benzene rings is 1. The number of nitrogens with zero attached hydrogens (tertiary/aromatic N) is 1. The molecule has 4 fully saturated rings. The van der Waals surface area contributed by atoms with Gasteiger partial charge in [0, 0.05) is 45.1 Å². The summed E-state index contributed by atoms with van der Waals surface area (Å²) in [7, 11) is 10.8. The van der Waals surface area contributed by atoms with E-state index in [2.05, 4.69) is 57.1 Å². The second-order valence-electron chi connectivity index (χ2n) is 18.4. The van der Waals surface area contributed by atoms with Crippen molar-refractivity contribution < 1.29 is 52.2 Å². The van der Waals surface area contributed by atoms with Crippen molar-refractivity contribution >= 4 is 11.8 Å². The third-order valence-electron chi connectivity index (χ3n) is 14.8. The summed E-state index contributed by atoms with van der Waals surface area (Å²) in [6, 6.07) is 8.55. The van der Waals surface area contributed by atoms with Gasteiger partial charge in [0.2, 0.25) is 0 Å². The topological polar surface area (TPSA) is 120 Å². The predicted molar refractivity (Wildman–Crippen MR) is 225 cm³/mol. The van der Waals surface area contributed by atoms with E-state index >= 15 is 4.79 Å². The number of esters is 1. The van der Waals surface area contributed by atoms with Crippen molar-refractivity contribution in [3.63, 3.8) is 0 Å². The molecular weight excluding hydrogens is 767 g/mol. The molecule has 0 spiro atoms. The summed E-state index contributed by atoms with van der Waals surface area (Å²) in [5.41, 5.74) is 3.17. The van der Waals surface area contributed by atoms with Gasteiger partial charge in [0.05, 0.1) is 37.9 Å². The van der Waals surface area contributed by atoms with Gasteiger partial charge in [-0.2, -0.15) is 0 Å². The number of allylic oxidation sites excluding steroid dienone is 3. The van der Waals surface area contributed by atoms with Crippen molar-refractivity contribution in [2.24, 2.45) is 29.6 Å². The maximum absolute atomic E-state index is 15.2. The second kappa shape index (κ2) is 19.8. The summed E-state index contributed by atoms with van der Waals surface area (Å²) in [6.45, 7) is 8.17. The predicted octanol–water partition coefficient (Wildman–Crippen LogP) is 7.03. The standard InChI is InChI=1S/C48H71NO11/c1-11-31-13-12-14-40(60-42-20-19-39(49(5)6)27(3)56-42)26(2)44(51)38-24-36-34-23-33(59-48-47(55-10)46(54-9)45(53-8)28(4)57-48)21-30(34)22-35(29-15-17-32(52-7)18-16-29)43(36)37(38)25-41(50)58-31/h15-18,22,24,26-28,31,33-37,39-40,42-43,45-48H,11-14,19-21,23,25H2,1-10H3/t26-,27?,28?,31+,33-,34-,35?,36+,37-,39+,40+,42+,43-,45+,46?,47+,48+/m1/s1. The van der Waals surface area contributed by atoms with Gasteiger partial charge in [0.25, 0.3) is 0 Å². The minimum atomic E-state index is -0.650. The Morgan fingerprint density at radius 2 is 1.52 bits per heavy atom. The van der Waals surface area contributed by atoms with Gasteiger partial charge in [-0.05, 0) is 120 Å². The summed E-state index contributed by atoms with van der Waals surface area (Å²) >= 11 is 0. The number of ether oxygens (including phenoxy) is 9. The van der Waals surface area contributed by atoms with Gasteiger partial charge < -0.3 is 47.5 Å². The number of carbonyl (C=O) groups is 2. The average molecular weight is 838 g/mol. The highest BCUT2D eigenvalue weighted by Crippen LogP contribution is 2.59. The van der Waals surface area contributed by atoms with E-state index in [1.807, 2.05) is 26.0 Å². The number of cyclic esters (lactones) is 1. The number of hydrogen-bond donors (Lipinski definition) is 0. The minimum Gasteiger partial charge on any atom is -0.497 e. The molecule has 7 rings (SSSR count). The molecule has 12 nitrogen and oxygen atoms in total. The molecule has 6 aliphatic rings. The van der Waals surface area contributed by atoms with E-state index < -0.39 is 18.3 Å². The van der Waals surface area contributed by atoms with Crippen LogP contribution < -0.4 is 4.74 Å². The summed E-state index contributed by atoms with van der Waals surface area (Å²) in [5, 5.41) is 0. The van der Waals surface area contributed by atoms with E-state index in [9.17, 15) is 4.79 Å². The van der Waals surface area contributed by atoms with Crippen molar-refractivity contribution in [1.29, 1.82) is 0 Å². The van der Waals surface area contributed by atoms with Crippen molar-refractivity contribution in [1.82, 2.24) is 4.90 Å². The quantitative estimate of drug-likeness (QED) is 0.168. The smallest absolute Gasteiger partial charge is 0.306 e. The number of hydrogen-bond acceptors (Lipinski definition) is 12. The zero-order valence-electron chi connectivity index (χ0n) is 37.6. The van der Waals surface area contributed by atoms with Gasteiger partial charge in [0.15, 0.2) is 18.4 Å². The molecule has 334 valence electrons. The van der Waals surface area contributed by atoms with Crippen LogP contribution in [0, 0.1) is 29.6 Å². The Morgan fingerprint density at radius 3 is 2.17 bits per heavy atom. The third kappa shape index (κ3) is 9.32. The molecule has 0 radical (unpaired) electrons. The number of methoxy groups -OCH3 is 4. The van der Waals surface area contributed by atoms with Crippen LogP contribution in [0.3, 0.4) is 0 Å². The molecule has 1 saturated carbocycles. The number of fused-ring (bicyclic) bond motifs is 5. The molecule has 1 aromatic carbocycles. The number of ketones is 1. The highest BCUT2D eigenvalue weighted by Gasteiger charge is 2.54. The molecule has 0 amide bonds. The molecule has 1 aromatic rings. The first-order chi connectivity index (χ1) is 28.9. The molecule has 0 aromatic heterocycles. The van der Waals surface area contributed by atoms with Crippen LogP contribution in [0.5, 0.6) is 5.75 Å². The van der Waals surface area contributed by atoms with Gasteiger partial charge in [-0.1, -0.05) is 43.7 Å². The normalized spacial score (nSPS) is 41.3. The van der Waals surface area contributed by atoms with Crippen LogP contribution in [0.2, 0.25) is 0 Å². The molecule has 0 bridgehead atoms. The molecule has 4 unspecified atom stereocenters. The van der Waals surface area contributed by atoms with E-state index in [1.165, 1.54) is 5.57 Å². The maximum Gasteiger partial charge on any atom is 0.306 e. The second-order valence-corrected chi connectivity index (χ2v) is 18.4. The van der Waals surface area contributed by atoms with E-state index in [0.29, 0.717) is 12.5 Å². The summed E-state index contributed by atoms with van der Waals surface area (Å²) in [6.07, 6.45) is 7.79. The Labute approximate surface area is 357 Å². The number of carbonyl (C=O) groups excluding carboxylic acids is 2. The minimum absolute atomic E-state index is 0.000583. The average Bonchev–Trinajstić information content (AvgIpc) is 3.82. The molecular formula is C48H71NO11. The Morgan fingerprint density at radius 1 is 0.783 bits per heavy atom. The molecule has 3 aliphatic heterocycles. The highest BCUT2D eigenvalue weighted by atomic mass is 16.7. The van der Waals surface area contributed by atoms with Gasteiger partial charge >= 0.3 is 5.97 Å². The zero-order valence-corrected chi connectivity index (χ0v) is 37.6. The summed E-state index contributed by atoms with van der Waals surface area (Å²) in [4.78, 5) is 31.4. The lowest BCUT2D eigenvalue weighted by atomic mass is 9.64. The first-order valence-electron chi connectivity index (χ1n) is 22.6.